The molecule has 1 amide bonds. The molecule has 134 valence electrons. The van der Waals surface area contributed by atoms with E-state index in [1.807, 2.05) is 36.4 Å². The zero-order valence-electron chi connectivity index (χ0n) is 14.1. The number of furan rings is 1. The second-order valence-corrected chi connectivity index (χ2v) is 6.48. The second-order valence-electron chi connectivity index (χ2n) is 5.67. The number of carbonyl (C=O) groups excluding carboxylic acids is 1. The van der Waals surface area contributed by atoms with Crippen LogP contribution >= 0.6 is 23.2 Å². The van der Waals surface area contributed by atoms with Crippen LogP contribution in [0.15, 0.2) is 70.7 Å². The molecule has 6 heteroatoms. The summed E-state index contributed by atoms with van der Waals surface area (Å²) >= 11 is 11.9. The summed E-state index contributed by atoms with van der Waals surface area (Å²) in [5.74, 6) is 0.484. The van der Waals surface area contributed by atoms with Crippen molar-refractivity contribution in [3.63, 3.8) is 0 Å². The van der Waals surface area contributed by atoms with Crippen molar-refractivity contribution in [2.75, 3.05) is 0 Å². The third kappa shape index (κ3) is 4.79. The molecule has 0 atom stereocenters. The Morgan fingerprint density at radius 3 is 2.56 bits per heavy atom. The standard InChI is InChI=1S/C21H14Cl2N2O2/c22-18-8-6-15(11-19(18)23)20-9-7-17(27-20)10-16(12-24)21(26)25-13-14-4-2-1-3-5-14/h1-11H,13H2,(H,25,26)/b16-10-. The van der Waals surface area contributed by atoms with Crippen LogP contribution < -0.4 is 5.32 Å². The maximum Gasteiger partial charge on any atom is 0.262 e. The molecule has 0 aliphatic rings. The summed E-state index contributed by atoms with van der Waals surface area (Å²) in [6.45, 7) is 0.339. The number of nitriles is 1. The fourth-order valence-electron chi connectivity index (χ4n) is 2.40. The fraction of sp³-hybridized carbons (Fsp3) is 0.0476. The summed E-state index contributed by atoms with van der Waals surface area (Å²) in [5, 5.41) is 12.9. The highest BCUT2D eigenvalue weighted by Gasteiger charge is 2.11. The summed E-state index contributed by atoms with van der Waals surface area (Å²) in [6.07, 6.45) is 1.40. The Morgan fingerprint density at radius 2 is 1.85 bits per heavy atom. The first-order valence-corrected chi connectivity index (χ1v) is 8.81. The summed E-state index contributed by atoms with van der Waals surface area (Å²) in [7, 11) is 0. The predicted molar refractivity (Wildman–Crippen MR) is 106 cm³/mol. The van der Waals surface area contributed by atoms with E-state index in [1.54, 1.807) is 30.3 Å². The van der Waals surface area contributed by atoms with Gasteiger partial charge in [0.1, 0.15) is 23.2 Å². The molecule has 1 aromatic heterocycles. The largest absolute Gasteiger partial charge is 0.457 e. The fourth-order valence-corrected chi connectivity index (χ4v) is 2.70. The normalized spacial score (nSPS) is 11.1. The maximum absolute atomic E-state index is 12.2. The Bertz CT molecular complexity index is 1030. The van der Waals surface area contributed by atoms with E-state index in [0.29, 0.717) is 28.1 Å². The number of carbonyl (C=O) groups is 1. The van der Waals surface area contributed by atoms with Gasteiger partial charge in [0.15, 0.2) is 0 Å². The summed E-state index contributed by atoms with van der Waals surface area (Å²) in [5.41, 5.74) is 1.65. The molecule has 0 aliphatic carbocycles. The van der Waals surface area contributed by atoms with E-state index in [4.69, 9.17) is 27.6 Å². The van der Waals surface area contributed by atoms with Crippen molar-refractivity contribution >= 4 is 35.2 Å². The highest BCUT2D eigenvalue weighted by Crippen LogP contribution is 2.30. The van der Waals surface area contributed by atoms with E-state index < -0.39 is 5.91 Å². The lowest BCUT2D eigenvalue weighted by Gasteiger charge is -2.04. The van der Waals surface area contributed by atoms with Gasteiger partial charge in [-0.15, -0.1) is 0 Å². The molecule has 3 rings (SSSR count). The quantitative estimate of drug-likeness (QED) is 0.458. The summed E-state index contributed by atoms with van der Waals surface area (Å²) in [4.78, 5) is 12.2. The van der Waals surface area contributed by atoms with Crippen LogP contribution in [-0.2, 0) is 11.3 Å². The van der Waals surface area contributed by atoms with Crippen molar-refractivity contribution in [1.82, 2.24) is 5.32 Å². The van der Waals surface area contributed by atoms with Gasteiger partial charge < -0.3 is 9.73 Å². The molecule has 2 aromatic carbocycles. The minimum absolute atomic E-state index is 0.0408. The van der Waals surface area contributed by atoms with Crippen LogP contribution in [0.25, 0.3) is 17.4 Å². The summed E-state index contributed by atoms with van der Waals surface area (Å²) in [6, 6.07) is 19.9. The molecule has 0 spiro atoms. The lowest BCUT2D eigenvalue weighted by Crippen LogP contribution is -2.23. The molecule has 1 heterocycles. The van der Waals surface area contributed by atoms with Crippen LogP contribution in [0.5, 0.6) is 0 Å². The van der Waals surface area contributed by atoms with Crippen LogP contribution in [0.4, 0.5) is 0 Å². The smallest absolute Gasteiger partial charge is 0.262 e. The average Bonchev–Trinajstić information content (AvgIpc) is 3.16. The lowest BCUT2D eigenvalue weighted by molar-refractivity contribution is -0.117. The predicted octanol–water partition coefficient (Wildman–Crippen LogP) is 5.48. The first-order valence-electron chi connectivity index (χ1n) is 8.06. The molecule has 0 saturated carbocycles. The second kappa shape index (κ2) is 8.59. The Hall–Kier alpha value is -3.00. The summed E-state index contributed by atoms with van der Waals surface area (Å²) < 4.78 is 5.70. The Morgan fingerprint density at radius 1 is 1.07 bits per heavy atom. The Balaban J connectivity index is 1.74. The van der Waals surface area contributed by atoms with E-state index in [2.05, 4.69) is 5.32 Å². The maximum atomic E-state index is 12.2. The van der Waals surface area contributed by atoms with E-state index in [0.717, 1.165) is 11.1 Å². The van der Waals surface area contributed by atoms with Crippen molar-refractivity contribution in [3.05, 3.63) is 87.6 Å². The molecule has 0 saturated heterocycles. The first-order chi connectivity index (χ1) is 13.1. The van der Waals surface area contributed by atoms with E-state index >= 15 is 0 Å². The van der Waals surface area contributed by atoms with E-state index in [9.17, 15) is 10.1 Å². The third-order valence-corrected chi connectivity index (χ3v) is 4.52. The molecule has 0 fully saturated rings. The van der Waals surface area contributed by atoms with Crippen molar-refractivity contribution in [3.8, 4) is 17.4 Å². The van der Waals surface area contributed by atoms with Gasteiger partial charge in [0, 0.05) is 18.2 Å². The SMILES string of the molecule is N#C/C(=C/c1ccc(-c2ccc(Cl)c(Cl)c2)o1)C(=O)NCc1ccccc1. The lowest BCUT2D eigenvalue weighted by atomic mass is 10.2. The Kier molecular flexibility index (Phi) is 5.97. The Labute approximate surface area is 166 Å². The van der Waals surface area contributed by atoms with Gasteiger partial charge in [0.2, 0.25) is 0 Å². The average molecular weight is 397 g/mol. The van der Waals surface area contributed by atoms with E-state index in [-0.39, 0.29) is 5.57 Å². The number of rotatable bonds is 5. The van der Waals surface area contributed by atoms with Crippen molar-refractivity contribution < 1.29 is 9.21 Å². The number of amides is 1. The highest BCUT2D eigenvalue weighted by atomic mass is 35.5. The molecular weight excluding hydrogens is 383 g/mol. The van der Waals surface area contributed by atoms with Gasteiger partial charge in [-0.2, -0.15) is 5.26 Å². The van der Waals surface area contributed by atoms with Crippen molar-refractivity contribution in [2.24, 2.45) is 0 Å². The van der Waals surface area contributed by atoms with Gasteiger partial charge in [-0.1, -0.05) is 53.5 Å². The van der Waals surface area contributed by atoms with Gasteiger partial charge in [-0.25, -0.2) is 0 Å². The van der Waals surface area contributed by atoms with Crippen LogP contribution in [-0.4, -0.2) is 5.91 Å². The molecule has 0 radical (unpaired) electrons. The van der Waals surface area contributed by atoms with Gasteiger partial charge in [0.05, 0.1) is 10.0 Å². The van der Waals surface area contributed by atoms with Gasteiger partial charge in [-0.05, 0) is 35.9 Å². The number of benzene rings is 2. The number of nitrogens with zero attached hydrogens (tertiary/aromatic N) is 1. The van der Waals surface area contributed by atoms with Crippen LogP contribution in [0.1, 0.15) is 11.3 Å². The molecular formula is C21H14Cl2N2O2. The van der Waals surface area contributed by atoms with Gasteiger partial charge >= 0.3 is 0 Å². The zero-order valence-corrected chi connectivity index (χ0v) is 15.6. The monoisotopic (exact) mass is 396 g/mol. The number of nitrogens with one attached hydrogen (secondary N) is 1. The number of halogens is 2. The zero-order chi connectivity index (χ0) is 19.2. The van der Waals surface area contributed by atoms with Crippen LogP contribution in [0.3, 0.4) is 0 Å². The topological polar surface area (TPSA) is 66.0 Å². The van der Waals surface area contributed by atoms with Gasteiger partial charge in [0.25, 0.3) is 5.91 Å². The first kappa shape index (κ1) is 18.8. The molecule has 0 unspecified atom stereocenters. The van der Waals surface area contributed by atoms with Crippen molar-refractivity contribution in [1.29, 1.82) is 5.26 Å². The van der Waals surface area contributed by atoms with Crippen molar-refractivity contribution in [2.45, 2.75) is 6.54 Å². The molecule has 0 aliphatic heterocycles. The van der Waals surface area contributed by atoms with Gasteiger partial charge in [-0.3, -0.25) is 4.79 Å². The molecule has 4 nitrogen and oxygen atoms in total. The molecule has 0 bridgehead atoms. The number of hydrogen-bond acceptors (Lipinski definition) is 3. The molecule has 3 aromatic rings. The minimum Gasteiger partial charge on any atom is -0.457 e. The van der Waals surface area contributed by atoms with Crippen LogP contribution in [0, 0.1) is 11.3 Å². The highest BCUT2D eigenvalue weighted by molar-refractivity contribution is 6.42. The molecule has 27 heavy (non-hydrogen) atoms. The number of hydrogen-bond donors (Lipinski definition) is 1. The van der Waals surface area contributed by atoms with E-state index in [1.165, 1.54) is 6.08 Å². The third-order valence-electron chi connectivity index (χ3n) is 3.78. The molecule has 1 N–H and O–H groups in total. The van der Waals surface area contributed by atoms with Crippen LogP contribution in [0.2, 0.25) is 10.0 Å². The minimum atomic E-state index is -0.464.